The molecule has 8 nitrogen and oxygen atoms in total. The summed E-state index contributed by atoms with van der Waals surface area (Å²) in [6.07, 6.45) is 7.84. The molecule has 144 valence electrons. The SMILES string of the molecule is Nc1c(C(=O)C2CCN(C(=O)Cn3ccnc3)CC2)cnn1-c1ccccc1. The van der Waals surface area contributed by atoms with E-state index < -0.39 is 0 Å². The molecule has 1 aromatic carbocycles. The number of imidazole rings is 1. The first kappa shape index (κ1) is 18.0. The summed E-state index contributed by atoms with van der Waals surface area (Å²) in [6, 6.07) is 9.49. The molecule has 4 rings (SSSR count). The van der Waals surface area contributed by atoms with Crippen LogP contribution in [0, 0.1) is 5.92 Å². The molecule has 0 unspecified atom stereocenters. The second-order valence-corrected chi connectivity index (χ2v) is 6.95. The lowest BCUT2D eigenvalue weighted by molar-refractivity contribution is -0.133. The zero-order chi connectivity index (χ0) is 19.5. The van der Waals surface area contributed by atoms with E-state index >= 15 is 0 Å². The molecule has 0 spiro atoms. The van der Waals surface area contributed by atoms with Crippen LogP contribution >= 0.6 is 0 Å². The Hall–Kier alpha value is -3.42. The molecule has 1 amide bonds. The molecule has 1 aliphatic heterocycles. The van der Waals surface area contributed by atoms with Gasteiger partial charge in [0, 0.05) is 31.4 Å². The Balaban J connectivity index is 1.39. The van der Waals surface area contributed by atoms with Gasteiger partial charge in [-0.05, 0) is 25.0 Å². The predicted octanol–water partition coefficient (Wildman–Crippen LogP) is 1.77. The third-order valence-electron chi connectivity index (χ3n) is 5.17. The van der Waals surface area contributed by atoms with E-state index in [0.717, 1.165) is 5.69 Å². The quantitative estimate of drug-likeness (QED) is 0.682. The number of piperidine rings is 1. The fraction of sp³-hybridized carbons (Fsp3) is 0.300. The van der Waals surface area contributed by atoms with Crippen molar-refractivity contribution in [3.05, 3.63) is 60.8 Å². The van der Waals surface area contributed by atoms with Gasteiger partial charge >= 0.3 is 0 Å². The number of carbonyl (C=O) groups excluding carboxylic acids is 2. The van der Waals surface area contributed by atoms with Crippen molar-refractivity contribution in [1.82, 2.24) is 24.2 Å². The fourth-order valence-electron chi connectivity index (χ4n) is 3.57. The van der Waals surface area contributed by atoms with Crippen LogP contribution in [0.15, 0.2) is 55.2 Å². The van der Waals surface area contributed by atoms with Crippen LogP contribution < -0.4 is 5.73 Å². The number of hydrogen-bond acceptors (Lipinski definition) is 5. The van der Waals surface area contributed by atoms with Gasteiger partial charge in [-0.15, -0.1) is 0 Å². The van der Waals surface area contributed by atoms with Gasteiger partial charge in [-0.2, -0.15) is 5.10 Å². The number of anilines is 1. The molecule has 0 saturated carbocycles. The van der Waals surface area contributed by atoms with E-state index in [1.165, 1.54) is 0 Å². The minimum atomic E-state index is -0.145. The number of carbonyl (C=O) groups is 2. The van der Waals surface area contributed by atoms with Crippen LogP contribution in [-0.4, -0.2) is 49.0 Å². The number of aromatic nitrogens is 4. The highest BCUT2D eigenvalue weighted by Gasteiger charge is 2.30. The number of amides is 1. The molecular formula is C20H22N6O2. The van der Waals surface area contributed by atoms with Crippen molar-refractivity contribution in [2.45, 2.75) is 19.4 Å². The lowest BCUT2D eigenvalue weighted by Crippen LogP contribution is -2.41. The molecule has 1 aliphatic rings. The topological polar surface area (TPSA) is 99.0 Å². The molecule has 0 radical (unpaired) electrons. The van der Waals surface area contributed by atoms with Crippen molar-refractivity contribution < 1.29 is 9.59 Å². The Kier molecular flexibility index (Phi) is 4.92. The van der Waals surface area contributed by atoms with Gasteiger partial charge in [-0.25, -0.2) is 9.67 Å². The van der Waals surface area contributed by atoms with Gasteiger partial charge < -0.3 is 15.2 Å². The fourth-order valence-corrected chi connectivity index (χ4v) is 3.57. The number of Topliss-reactive ketones (excluding diaryl/α,β-unsaturated/α-hetero) is 1. The number of nitrogens with two attached hydrogens (primary N) is 1. The number of nitrogen functional groups attached to an aromatic ring is 1. The normalized spacial score (nSPS) is 14.9. The number of ketones is 1. The molecule has 3 heterocycles. The standard InChI is InChI=1S/C20H22N6O2/c21-20-17(12-23-26(20)16-4-2-1-3-5-16)19(28)15-6-9-25(10-7-15)18(27)13-24-11-8-22-14-24/h1-5,8,11-12,14-15H,6-7,9-10,13,21H2. The van der Waals surface area contributed by atoms with E-state index in [-0.39, 0.29) is 24.2 Å². The van der Waals surface area contributed by atoms with Gasteiger partial charge in [0.1, 0.15) is 12.4 Å². The second-order valence-electron chi connectivity index (χ2n) is 6.95. The van der Waals surface area contributed by atoms with Crippen molar-refractivity contribution in [3.8, 4) is 5.69 Å². The summed E-state index contributed by atoms with van der Waals surface area (Å²) in [5.41, 5.74) is 7.47. The number of para-hydroxylation sites is 1. The van der Waals surface area contributed by atoms with Crippen molar-refractivity contribution in [3.63, 3.8) is 0 Å². The van der Waals surface area contributed by atoms with Crippen LogP contribution in [0.3, 0.4) is 0 Å². The van der Waals surface area contributed by atoms with Crippen molar-refractivity contribution in [2.24, 2.45) is 5.92 Å². The van der Waals surface area contributed by atoms with Crippen LogP contribution in [-0.2, 0) is 11.3 Å². The average molecular weight is 378 g/mol. The Bertz CT molecular complexity index is 956. The maximum atomic E-state index is 12.9. The highest BCUT2D eigenvalue weighted by Crippen LogP contribution is 2.26. The van der Waals surface area contributed by atoms with E-state index in [1.54, 1.807) is 39.1 Å². The predicted molar refractivity (Wildman–Crippen MR) is 104 cm³/mol. The van der Waals surface area contributed by atoms with Crippen LogP contribution in [0.25, 0.3) is 5.69 Å². The van der Waals surface area contributed by atoms with Gasteiger partial charge in [0.05, 0.1) is 23.8 Å². The van der Waals surface area contributed by atoms with E-state index in [0.29, 0.717) is 37.3 Å². The molecule has 2 N–H and O–H groups in total. The molecular weight excluding hydrogens is 356 g/mol. The molecule has 2 aromatic heterocycles. The number of likely N-dealkylation sites (tertiary alicyclic amines) is 1. The third-order valence-corrected chi connectivity index (χ3v) is 5.17. The highest BCUT2D eigenvalue weighted by molar-refractivity contribution is 6.01. The monoisotopic (exact) mass is 378 g/mol. The molecule has 1 fully saturated rings. The minimum absolute atomic E-state index is 0.00129. The minimum Gasteiger partial charge on any atom is -0.383 e. The molecule has 0 atom stereocenters. The first-order valence-corrected chi connectivity index (χ1v) is 9.30. The summed E-state index contributed by atoms with van der Waals surface area (Å²) < 4.78 is 3.33. The highest BCUT2D eigenvalue weighted by atomic mass is 16.2. The molecule has 0 aliphatic carbocycles. The van der Waals surface area contributed by atoms with Crippen molar-refractivity contribution >= 4 is 17.5 Å². The maximum Gasteiger partial charge on any atom is 0.242 e. The maximum absolute atomic E-state index is 12.9. The van der Waals surface area contributed by atoms with E-state index in [2.05, 4.69) is 10.1 Å². The summed E-state index contributed by atoms with van der Waals surface area (Å²) in [7, 11) is 0. The molecule has 1 saturated heterocycles. The Morgan fingerprint density at radius 3 is 2.57 bits per heavy atom. The smallest absolute Gasteiger partial charge is 0.242 e. The van der Waals surface area contributed by atoms with Crippen LogP contribution in [0.1, 0.15) is 23.2 Å². The van der Waals surface area contributed by atoms with Gasteiger partial charge in [-0.3, -0.25) is 9.59 Å². The molecule has 0 bridgehead atoms. The number of nitrogens with zero attached hydrogens (tertiary/aromatic N) is 5. The van der Waals surface area contributed by atoms with Crippen LogP contribution in [0.2, 0.25) is 0 Å². The van der Waals surface area contributed by atoms with Crippen LogP contribution in [0.4, 0.5) is 5.82 Å². The van der Waals surface area contributed by atoms with E-state index in [4.69, 9.17) is 5.73 Å². The Morgan fingerprint density at radius 1 is 1.14 bits per heavy atom. The van der Waals surface area contributed by atoms with E-state index in [9.17, 15) is 9.59 Å². The first-order valence-electron chi connectivity index (χ1n) is 9.30. The van der Waals surface area contributed by atoms with Gasteiger partial charge in [-0.1, -0.05) is 18.2 Å². The Labute approximate surface area is 162 Å². The summed E-state index contributed by atoms with van der Waals surface area (Å²) in [5.74, 6) is 0.254. The molecule has 3 aromatic rings. The summed E-state index contributed by atoms with van der Waals surface area (Å²) in [5, 5.41) is 4.28. The summed E-state index contributed by atoms with van der Waals surface area (Å²) >= 11 is 0. The van der Waals surface area contributed by atoms with Crippen LogP contribution in [0.5, 0.6) is 0 Å². The lowest BCUT2D eigenvalue weighted by Gasteiger charge is -2.31. The van der Waals surface area contributed by atoms with Gasteiger partial charge in [0.25, 0.3) is 0 Å². The van der Waals surface area contributed by atoms with Crippen molar-refractivity contribution in [2.75, 3.05) is 18.8 Å². The largest absolute Gasteiger partial charge is 0.383 e. The van der Waals surface area contributed by atoms with Crippen molar-refractivity contribution in [1.29, 1.82) is 0 Å². The number of hydrogen-bond donors (Lipinski definition) is 1. The lowest BCUT2D eigenvalue weighted by atomic mass is 9.89. The zero-order valence-electron chi connectivity index (χ0n) is 15.4. The molecule has 28 heavy (non-hydrogen) atoms. The first-order chi connectivity index (χ1) is 13.6. The average Bonchev–Trinajstić information content (AvgIpc) is 3.38. The third kappa shape index (κ3) is 3.53. The summed E-state index contributed by atoms with van der Waals surface area (Å²) in [6.45, 7) is 1.41. The van der Waals surface area contributed by atoms with E-state index in [1.807, 2.05) is 30.3 Å². The number of rotatable bonds is 5. The van der Waals surface area contributed by atoms with Gasteiger partial charge in [0.15, 0.2) is 5.78 Å². The zero-order valence-corrected chi connectivity index (χ0v) is 15.4. The second kappa shape index (κ2) is 7.67. The van der Waals surface area contributed by atoms with Gasteiger partial charge in [0.2, 0.25) is 5.91 Å². The Morgan fingerprint density at radius 2 is 1.89 bits per heavy atom. The number of benzene rings is 1. The molecule has 8 heteroatoms. The summed E-state index contributed by atoms with van der Waals surface area (Å²) in [4.78, 5) is 31.1.